The Labute approximate surface area is 87.7 Å². The van der Waals surface area contributed by atoms with Crippen molar-refractivity contribution in [3.63, 3.8) is 0 Å². The molecule has 2 N–H and O–H groups in total. The molecule has 1 aliphatic carbocycles. The molecule has 0 heterocycles. The minimum Gasteiger partial charge on any atom is -0.321 e. The van der Waals surface area contributed by atoms with Crippen molar-refractivity contribution in [2.24, 2.45) is 5.73 Å². The molecule has 0 aromatic heterocycles. The summed E-state index contributed by atoms with van der Waals surface area (Å²) in [6, 6.07) is 2.39. The van der Waals surface area contributed by atoms with E-state index in [9.17, 15) is 8.78 Å². The van der Waals surface area contributed by atoms with Gasteiger partial charge in [0.25, 0.3) is 0 Å². The van der Waals surface area contributed by atoms with Crippen molar-refractivity contribution in [3.8, 4) is 0 Å². The highest BCUT2D eigenvalue weighted by molar-refractivity contribution is 5.85. The lowest BCUT2D eigenvalue weighted by Gasteiger charge is -2.11. The molecule has 1 fully saturated rings. The van der Waals surface area contributed by atoms with E-state index in [-0.39, 0.29) is 18.2 Å². The lowest BCUT2D eigenvalue weighted by molar-refractivity contribution is 0.551. The number of rotatable bonds is 1. The molecule has 14 heavy (non-hydrogen) atoms. The van der Waals surface area contributed by atoms with Crippen LogP contribution in [0.1, 0.15) is 24.0 Å². The lowest BCUT2D eigenvalue weighted by atomic mass is 10.0. The Morgan fingerprint density at radius 3 is 2.36 bits per heavy atom. The summed E-state index contributed by atoms with van der Waals surface area (Å²) in [5, 5.41) is 0. The van der Waals surface area contributed by atoms with E-state index in [2.05, 4.69) is 0 Å². The minimum atomic E-state index is -0.600. The van der Waals surface area contributed by atoms with Crippen LogP contribution in [-0.4, -0.2) is 0 Å². The van der Waals surface area contributed by atoms with Crippen molar-refractivity contribution in [2.75, 3.05) is 0 Å². The van der Waals surface area contributed by atoms with Crippen LogP contribution in [-0.2, 0) is 5.54 Å². The highest BCUT2D eigenvalue weighted by Crippen LogP contribution is 2.44. The monoisotopic (exact) mass is 219 g/mol. The summed E-state index contributed by atoms with van der Waals surface area (Å²) in [7, 11) is 0. The molecule has 0 aliphatic heterocycles. The predicted molar refractivity (Wildman–Crippen MR) is 53.4 cm³/mol. The first kappa shape index (κ1) is 11.4. The van der Waals surface area contributed by atoms with Crippen LogP contribution in [0.15, 0.2) is 12.1 Å². The van der Waals surface area contributed by atoms with Gasteiger partial charge in [0.2, 0.25) is 0 Å². The maximum atomic E-state index is 13.5. The smallest absolute Gasteiger partial charge is 0.131 e. The maximum Gasteiger partial charge on any atom is 0.131 e. The number of hydrogen-bond donors (Lipinski definition) is 1. The summed E-state index contributed by atoms with van der Waals surface area (Å²) in [6.45, 7) is 1.55. The molecule has 0 amide bonds. The molecule has 1 aromatic carbocycles. The van der Waals surface area contributed by atoms with E-state index in [1.54, 1.807) is 6.92 Å². The van der Waals surface area contributed by atoms with Gasteiger partial charge in [-0.2, -0.15) is 0 Å². The first-order valence-corrected chi connectivity index (χ1v) is 4.28. The molecule has 1 saturated carbocycles. The third kappa shape index (κ3) is 1.74. The first-order valence-electron chi connectivity index (χ1n) is 4.28. The van der Waals surface area contributed by atoms with E-state index in [4.69, 9.17) is 5.73 Å². The zero-order chi connectivity index (χ0) is 9.64. The van der Waals surface area contributed by atoms with Gasteiger partial charge in [-0.1, -0.05) is 0 Å². The second-order valence-corrected chi connectivity index (χ2v) is 3.74. The highest BCUT2D eigenvalue weighted by atomic mass is 35.5. The van der Waals surface area contributed by atoms with Crippen LogP contribution >= 0.6 is 12.4 Å². The number of halogens is 3. The molecular weight excluding hydrogens is 208 g/mol. The normalized spacial score (nSPS) is 17.4. The fourth-order valence-electron chi connectivity index (χ4n) is 1.49. The second-order valence-electron chi connectivity index (χ2n) is 3.74. The maximum absolute atomic E-state index is 13.5. The van der Waals surface area contributed by atoms with Crippen molar-refractivity contribution in [2.45, 2.75) is 25.3 Å². The summed E-state index contributed by atoms with van der Waals surface area (Å²) in [5.41, 5.74) is 5.85. The van der Waals surface area contributed by atoms with Gasteiger partial charge in [0, 0.05) is 11.1 Å². The van der Waals surface area contributed by atoms with Crippen LogP contribution in [0.4, 0.5) is 8.78 Å². The molecule has 1 nitrogen and oxygen atoms in total. The zero-order valence-electron chi connectivity index (χ0n) is 7.81. The molecule has 1 aliphatic rings. The Morgan fingerprint density at radius 1 is 1.29 bits per heavy atom. The summed E-state index contributed by atoms with van der Waals surface area (Å²) >= 11 is 0. The Hall–Kier alpha value is -0.670. The largest absolute Gasteiger partial charge is 0.321 e. The van der Waals surface area contributed by atoms with Crippen LogP contribution in [0.25, 0.3) is 0 Å². The molecule has 0 atom stereocenters. The fourth-order valence-corrected chi connectivity index (χ4v) is 1.49. The topological polar surface area (TPSA) is 26.0 Å². The average Bonchev–Trinajstić information content (AvgIpc) is 2.77. The predicted octanol–water partition coefficient (Wildman–Crippen LogP) is 2.64. The lowest BCUT2D eigenvalue weighted by Crippen LogP contribution is -2.21. The Morgan fingerprint density at radius 2 is 1.86 bits per heavy atom. The van der Waals surface area contributed by atoms with Crippen molar-refractivity contribution in [1.29, 1.82) is 0 Å². The van der Waals surface area contributed by atoms with E-state index in [1.165, 1.54) is 12.1 Å². The highest BCUT2D eigenvalue weighted by Gasteiger charge is 2.42. The number of hydrogen-bond acceptors (Lipinski definition) is 1. The van der Waals surface area contributed by atoms with Gasteiger partial charge < -0.3 is 5.73 Å². The standard InChI is InChI=1S/C10H11F2N.ClH/c1-6-4-7(11)5-8(9(6)12)10(13)2-3-10;/h4-5H,2-3,13H2,1H3;1H. The first-order chi connectivity index (χ1) is 6.03. The van der Waals surface area contributed by atoms with E-state index < -0.39 is 11.4 Å². The van der Waals surface area contributed by atoms with E-state index >= 15 is 0 Å². The zero-order valence-corrected chi connectivity index (χ0v) is 8.63. The summed E-state index contributed by atoms with van der Waals surface area (Å²) in [6.07, 6.45) is 1.49. The van der Waals surface area contributed by atoms with Crippen molar-refractivity contribution < 1.29 is 8.78 Å². The van der Waals surface area contributed by atoms with Gasteiger partial charge >= 0.3 is 0 Å². The molecule has 0 spiro atoms. The average molecular weight is 220 g/mol. The molecule has 0 radical (unpaired) electrons. The molecule has 4 heteroatoms. The summed E-state index contributed by atoms with van der Waals surface area (Å²) in [5.74, 6) is -0.771. The minimum absolute atomic E-state index is 0. The van der Waals surface area contributed by atoms with E-state index in [1.807, 2.05) is 0 Å². The molecule has 0 bridgehead atoms. The molecule has 78 valence electrons. The molecule has 1 aromatic rings. The number of benzene rings is 1. The van der Waals surface area contributed by atoms with E-state index in [0.29, 0.717) is 11.1 Å². The Kier molecular flexibility index (Phi) is 2.83. The molecular formula is C10H12ClF2N. The Balaban J connectivity index is 0.000000980. The van der Waals surface area contributed by atoms with Crippen molar-refractivity contribution in [3.05, 3.63) is 34.9 Å². The summed E-state index contributed by atoms with van der Waals surface area (Å²) in [4.78, 5) is 0. The third-order valence-corrected chi connectivity index (χ3v) is 2.54. The van der Waals surface area contributed by atoms with Gasteiger partial charge in [-0.3, -0.25) is 0 Å². The van der Waals surface area contributed by atoms with Gasteiger partial charge in [0.05, 0.1) is 0 Å². The molecule has 0 saturated heterocycles. The molecule has 2 rings (SSSR count). The van der Waals surface area contributed by atoms with Crippen LogP contribution in [0.3, 0.4) is 0 Å². The number of nitrogens with two attached hydrogens (primary N) is 1. The van der Waals surface area contributed by atoms with Crippen LogP contribution in [0.5, 0.6) is 0 Å². The Bertz CT molecular complexity index is 361. The van der Waals surface area contributed by atoms with Crippen molar-refractivity contribution in [1.82, 2.24) is 0 Å². The van der Waals surface area contributed by atoms with Gasteiger partial charge in [-0.15, -0.1) is 12.4 Å². The second kappa shape index (κ2) is 3.48. The SMILES string of the molecule is Cc1cc(F)cc(C2(N)CC2)c1F.Cl. The fraction of sp³-hybridized carbons (Fsp3) is 0.400. The van der Waals surface area contributed by atoms with Crippen LogP contribution in [0.2, 0.25) is 0 Å². The third-order valence-electron chi connectivity index (χ3n) is 2.54. The van der Waals surface area contributed by atoms with Crippen LogP contribution in [0, 0.1) is 18.6 Å². The van der Waals surface area contributed by atoms with Gasteiger partial charge in [0.15, 0.2) is 0 Å². The summed E-state index contributed by atoms with van der Waals surface area (Å²) < 4.78 is 26.4. The number of aryl methyl sites for hydroxylation is 1. The van der Waals surface area contributed by atoms with Crippen LogP contribution < -0.4 is 5.73 Å². The van der Waals surface area contributed by atoms with Gasteiger partial charge in [-0.25, -0.2) is 8.78 Å². The van der Waals surface area contributed by atoms with E-state index in [0.717, 1.165) is 12.8 Å². The van der Waals surface area contributed by atoms with Crippen molar-refractivity contribution >= 4 is 12.4 Å². The van der Waals surface area contributed by atoms with Gasteiger partial charge in [-0.05, 0) is 37.5 Å². The molecule has 0 unspecified atom stereocenters. The quantitative estimate of drug-likeness (QED) is 0.772. The van der Waals surface area contributed by atoms with Gasteiger partial charge in [0.1, 0.15) is 11.6 Å².